The van der Waals surface area contributed by atoms with E-state index in [1.54, 1.807) is 6.92 Å². The van der Waals surface area contributed by atoms with Crippen molar-refractivity contribution in [3.63, 3.8) is 0 Å². The third-order valence-corrected chi connectivity index (χ3v) is 0. The summed E-state index contributed by atoms with van der Waals surface area (Å²) in [5.74, 6) is 0. The van der Waals surface area contributed by atoms with Gasteiger partial charge >= 0.3 is 154 Å². The fourth-order valence-electron chi connectivity index (χ4n) is 0. The van der Waals surface area contributed by atoms with E-state index in [2.05, 4.69) is 12.6 Å². The Hall–Kier alpha value is 5.33. The van der Waals surface area contributed by atoms with Gasteiger partial charge in [-0.1, -0.05) is 0 Å². The molecule has 0 aromatic heterocycles. The van der Waals surface area contributed by atoms with Gasteiger partial charge in [-0.15, -0.1) is 12.6 Å². The first kappa shape index (κ1) is 30.4. The maximum atomic E-state index is 8.55. The average Bonchev–Trinajstić information content (AvgIpc) is 1.19. The molecule has 0 rings (SSSR count). The Labute approximate surface area is 205 Å². The fourth-order valence-corrected chi connectivity index (χ4v) is 0. The number of aliphatic hydroxyl groups is 1. The summed E-state index contributed by atoms with van der Waals surface area (Å²) in [6.45, 7) is 1.59. The molecule has 0 amide bonds. The average molecular weight is 290 g/mol. The van der Waals surface area contributed by atoms with Crippen molar-refractivity contribution in [2.24, 2.45) is 0 Å². The molecule has 12 heavy (non-hydrogen) atoms. The summed E-state index contributed by atoms with van der Waals surface area (Å²) in [5, 5.41) is 7.92. The van der Waals surface area contributed by atoms with Gasteiger partial charge in [0.1, 0.15) is 0 Å². The van der Waals surface area contributed by atoms with E-state index in [9.17, 15) is 0 Å². The normalized spacial score (nSPS) is 10.2. The molecule has 5 nitrogen and oxygen atoms in total. The van der Waals surface area contributed by atoms with Gasteiger partial charge in [-0.05, 0) is 6.92 Å². The number of aliphatic hydroxyl groups excluding tert-OH is 1. The summed E-state index contributed by atoms with van der Waals surface area (Å²) in [7, 11) is -5.39. The molecule has 0 saturated heterocycles. The van der Waals surface area contributed by atoms with E-state index in [1.165, 1.54) is 0 Å². The minimum Gasteiger partial charge on any atom is -0.822 e. The van der Waals surface area contributed by atoms with E-state index in [-0.39, 0.29) is 154 Å². The molecule has 0 fully saturated rings. The van der Waals surface area contributed by atoms with Crippen molar-refractivity contribution in [1.82, 2.24) is 0 Å². The van der Waals surface area contributed by atoms with Crippen LogP contribution in [0.4, 0.5) is 0 Å². The molecular weight excluding hydrogens is 284 g/mol. The summed E-state index contributed by atoms with van der Waals surface area (Å²) < 4.78 is 8.55. The molecule has 1 atom stereocenters. The minimum absolute atomic E-state index is 0. The van der Waals surface area contributed by atoms with Crippen LogP contribution in [0.1, 0.15) is 6.92 Å². The smallest absolute Gasteiger partial charge is 0.822 e. The molecule has 0 aliphatic rings. The molecule has 10 heteroatoms. The van der Waals surface area contributed by atoms with Crippen LogP contribution in [-0.2, 0) is 4.57 Å². The number of rotatable bonds is 0. The maximum absolute atomic E-state index is 8.55. The standard InChI is InChI=1S/C2H6OS.3K.H3O4P/c1-2(3)4;;;;1-5(2,3)4/h2-4H,1H3;;;;(H3,1,2,3,4)/q;3*+1;/p-3. The zero-order valence-electron chi connectivity index (χ0n) is 7.55. The molecule has 0 spiro atoms. The SMILES string of the molecule is CC(O)S.O=P([O-])([O-])[O-].[K+].[K+].[K+]. The molecular formula is C2H6K3O5PS. The Morgan fingerprint density at radius 2 is 1.25 bits per heavy atom. The van der Waals surface area contributed by atoms with Crippen molar-refractivity contribution in [3.8, 4) is 0 Å². The minimum atomic E-state index is -5.39. The molecule has 58 valence electrons. The third-order valence-electron chi connectivity index (χ3n) is 0. The van der Waals surface area contributed by atoms with Gasteiger partial charge in [-0.2, -0.15) is 7.82 Å². The van der Waals surface area contributed by atoms with Crippen LogP contribution >= 0.6 is 20.5 Å². The van der Waals surface area contributed by atoms with E-state index in [0.717, 1.165) is 0 Å². The second-order valence-electron chi connectivity index (χ2n) is 1.08. The van der Waals surface area contributed by atoms with Crippen LogP contribution in [0.15, 0.2) is 0 Å². The monoisotopic (exact) mass is 290 g/mol. The van der Waals surface area contributed by atoms with Crippen molar-refractivity contribution >= 4 is 20.5 Å². The Kier molecular flexibility index (Phi) is 47.3. The molecule has 0 bridgehead atoms. The molecule has 0 aliphatic carbocycles. The number of hydrogen-bond donors (Lipinski definition) is 2. The molecule has 1 unspecified atom stereocenters. The summed E-state index contributed by atoms with van der Waals surface area (Å²) in [5.41, 5.74) is -0.472. The van der Waals surface area contributed by atoms with Gasteiger partial charge in [0.2, 0.25) is 0 Å². The molecule has 0 aliphatic heterocycles. The van der Waals surface area contributed by atoms with Gasteiger partial charge in [0.15, 0.2) is 0 Å². The Morgan fingerprint density at radius 1 is 1.25 bits per heavy atom. The predicted octanol–water partition coefficient (Wildman–Crippen LogP) is -11.6. The van der Waals surface area contributed by atoms with Crippen LogP contribution in [0, 0.1) is 0 Å². The van der Waals surface area contributed by atoms with Gasteiger partial charge in [-0.25, -0.2) is 0 Å². The first-order valence-corrected chi connectivity index (χ1v) is 3.80. The third kappa shape index (κ3) is 111. The van der Waals surface area contributed by atoms with E-state index < -0.39 is 13.3 Å². The van der Waals surface area contributed by atoms with Crippen LogP contribution in [0.3, 0.4) is 0 Å². The van der Waals surface area contributed by atoms with Gasteiger partial charge in [0.25, 0.3) is 0 Å². The molecule has 0 aromatic carbocycles. The molecule has 0 aromatic rings. The topological polar surface area (TPSA) is 106 Å². The van der Waals surface area contributed by atoms with E-state index in [4.69, 9.17) is 24.4 Å². The van der Waals surface area contributed by atoms with Crippen LogP contribution in [0.5, 0.6) is 0 Å². The predicted molar refractivity (Wildman–Crippen MR) is 28.3 cm³/mol. The molecule has 0 heterocycles. The van der Waals surface area contributed by atoms with E-state index in [1.807, 2.05) is 0 Å². The van der Waals surface area contributed by atoms with Gasteiger partial charge in [-0.3, -0.25) is 0 Å². The summed E-state index contributed by atoms with van der Waals surface area (Å²) >= 11 is 3.52. The second kappa shape index (κ2) is 18.7. The summed E-state index contributed by atoms with van der Waals surface area (Å²) in [6.07, 6.45) is 0. The summed E-state index contributed by atoms with van der Waals surface area (Å²) in [6, 6.07) is 0. The molecule has 0 radical (unpaired) electrons. The van der Waals surface area contributed by atoms with Gasteiger partial charge < -0.3 is 24.4 Å². The van der Waals surface area contributed by atoms with Gasteiger partial charge in [0.05, 0.1) is 5.44 Å². The van der Waals surface area contributed by atoms with Crippen LogP contribution < -0.4 is 169 Å². The van der Waals surface area contributed by atoms with Crippen molar-refractivity contribution in [1.29, 1.82) is 0 Å². The van der Waals surface area contributed by atoms with Crippen LogP contribution in [0.25, 0.3) is 0 Å². The number of hydrogen-bond acceptors (Lipinski definition) is 6. The fraction of sp³-hybridized carbons (Fsp3) is 1.00. The molecule has 0 saturated carbocycles. The van der Waals surface area contributed by atoms with Crippen molar-refractivity contribution < 1.29 is 179 Å². The van der Waals surface area contributed by atoms with E-state index in [0.29, 0.717) is 0 Å². The number of phosphoric acid groups is 1. The van der Waals surface area contributed by atoms with Crippen molar-refractivity contribution in [2.75, 3.05) is 0 Å². The quantitative estimate of drug-likeness (QED) is 0.199. The van der Waals surface area contributed by atoms with Crippen LogP contribution in [-0.4, -0.2) is 10.5 Å². The first-order valence-electron chi connectivity index (χ1n) is 1.82. The second-order valence-corrected chi connectivity index (χ2v) is 2.72. The summed E-state index contributed by atoms with van der Waals surface area (Å²) in [4.78, 5) is 25.6. The Bertz CT molecular complexity index is 95.8. The maximum Gasteiger partial charge on any atom is 1.00 e. The zero-order valence-corrected chi connectivity index (χ0v) is 18.7. The van der Waals surface area contributed by atoms with Crippen molar-refractivity contribution in [2.45, 2.75) is 12.4 Å². The van der Waals surface area contributed by atoms with E-state index >= 15 is 0 Å². The Balaban J connectivity index is -0.0000000221. The first-order chi connectivity index (χ1) is 3.73. The largest absolute Gasteiger partial charge is 1.00 e. The Morgan fingerprint density at radius 3 is 1.25 bits per heavy atom. The van der Waals surface area contributed by atoms with Crippen molar-refractivity contribution in [3.05, 3.63) is 0 Å². The molecule has 1 N–H and O–H groups in total. The van der Waals surface area contributed by atoms with Gasteiger partial charge in [0, 0.05) is 0 Å². The van der Waals surface area contributed by atoms with Crippen LogP contribution in [0.2, 0.25) is 0 Å². The number of thiol groups is 1. The zero-order chi connectivity index (χ0) is 8.08.